The number of aliphatic hydroxyl groups is 1. The Morgan fingerprint density at radius 2 is 1.56 bits per heavy atom. The minimum absolute atomic E-state index is 0.202. The van der Waals surface area contributed by atoms with E-state index in [1.807, 2.05) is 10.6 Å². The number of aromatic nitrogens is 2. The normalized spacial score (nSPS) is 11.1. The third kappa shape index (κ3) is 3.71. The summed E-state index contributed by atoms with van der Waals surface area (Å²) in [6.45, 7) is 0.890. The molecule has 0 saturated carbocycles. The number of aryl methyl sites for hydroxylation is 1. The minimum atomic E-state index is 0.202. The second-order valence-electron chi connectivity index (χ2n) is 6.77. The fourth-order valence-electron chi connectivity index (χ4n) is 3.41. The van der Waals surface area contributed by atoms with Crippen molar-refractivity contribution in [2.24, 2.45) is 0 Å². The van der Waals surface area contributed by atoms with E-state index < -0.39 is 0 Å². The largest absolute Gasteiger partial charge is 0.396 e. The molecule has 4 aromatic rings. The third-order valence-corrected chi connectivity index (χ3v) is 4.87. The number of hydrogen-bond donors (Lipinski definition) is 2. The van der Waals surface area contributed by atoms with E-state index in [2.05, 4.69) is 71.7 Å². The molecule has 0 bridgehead atoms. The second kappa shape index (κ2) is 7.64. The molecule has 1 aromatic heterocycles. The quantitative estimate of drug-likeness (QED) is 0.542. The number of imidazole rings is 1. The first kappa shape index (κ1) is 17.3. The molecular weight excluding hydrogens is 334 g/mol. The predicted octanol–water partition coefficient (Wildman–Crippen LogP) is 4.26. The number of benzene rings is 3. The zero-order valence-electron chi connectivity index (χ0n) is 15.2. The molecule has 0 unspecified atom stereocenters. The standard InChI is InChI=1S/C23H23N3O/c24-23-25-21-15-17(5-4-14-27)10-13-22(21)26(23)16-18-8-11-20(12-9-18)19-6-2-1-3-7-19/h1-3,6-13,15,27H,4-5,14,16H2,(H2,24,25). The summed E-state index contributed by atoms with van der Waals surface area (Å²) in [5.74, 6) is 0.524. The number of rotatable bonds is 6. The van der Waals surface area contributed by atoms with E-state index in [1.165, 1.54) is 22.3 Å². The predicted molar refractivity (Wildman–Crippen MR) is 111 cm³/mol. The van der Waals surface area contributed by atoms with Gasteiger partial charge in [-0.1, -0.05) is 60.7 Å². The van der Waals surface area contributed by atoms with Crippen LogP contribution in [0.2, 0.25) is 0 Å². The molecule has 3 aromatic carbocycles. The van der Waals surface area contributed by atoms with Gasteiger partial charge in [0.25, 0.3) is 0 Å². The number of fused-ring (bicyclic) bond motifs is 1. The summed E-state index contributed by atoms with van der Waals surface area (Å²) in [7, 11) is 0. The van der Waals surface area contributed by atoms with Crippen LogP contribution in [-0.2, 0) is 13.0 Å². The van der Waals surface area contributed by atoms with Crippen LogP contribution in [0, 0.1) is 0 Å². The van der Waals surface area contributed by atoms with Gasteiger partial charge < -0.3 is 15.4 Å². The highest BCUT2D eigenvalue weighted by Crippen LogP contribution is 2.23. The van der Waals surface area contributed by atoms with Crippen LogP contribution in [-0.4, -0.2) is 21.3 Å². The first-order chi connectivity index (χ1) is 13.2. The van der Waals surface area contributed by atoms with Crippen LogP contribution < -0.4 is 5.73 Å². The van der Waals surface area contributed by atoms with Crippen molar-refractivity contribution >= 4 is 17.0 Å². The van der Waals surface area contributed by atoms with Gasteiger partial charge in [-0.2, -0.15) is 0 Å². The lowest BCUT2D eigenvalue weighted by Gasteiger charge is -2.08. The van der Waals surface area contributed by atoms with Gasteiger partial charge in [-0.3, -0.25) is 0 Å². The SMILES string of the molecule is Nc1nc2cc(CCCO)ccc2n1Cc1ccc(-c2ccccc2)cc1. The molecule has 4 rings (SSSR count). The molecule has 0 saturated heterocycles. The lowest BCUT2D eigenvalue weighted by molar-refractivity contribution is 0.288. The average molecular weight is 357 g/mol. The molecule has 0 radical (unpaired) electrons. The Morgan fingerprint density at radius 3 is 2.30 bits per heavy atom. The van der Waals surface area contributed by atoms with E-state index >= 15 is 0 Å². The van der Waals surface area contributed by atoms with Gasteiger partial charge in [0.15, 0.2) is 0 Å². The number of nitrogen functional groups attached to an aromatic ring is 1. The maximum Gasteiger partial charge on any atom is 0.201 e. The maximum atomic E-state index is 9.01. The summed E-state index contributed by atoms with van der Waals surface area (Å²) in [5.41, 5.74) is 12.9. The van der Waals surface area contributed by atoms with Gasteiger partial charge >= 0.3 is 0 Å². The summed E-state index contributed by atoms with van der Waals surface area (Å²) in [6.07, 6.45) is 1.61. The van der Waals surface area contributed by atoms with E-state index in [0.29, 0.717) is 12.5 Å². The number of anilines is 1. The Hall–Kier alpha value is -3.11. The van der Waals surface area contributed by atoms with Gasteiger partial charge in [-0.15, -0.1) is 0 Å². The van der Waals surface area contributed by atoms with Crippen molar-refractivity contribution in [2.45, 2.75) is 19.4 Å². The van der Waals surface area contributed by atoms with Gasteiger partial charge in [0, 0.05) is 6.61 Å². The average Bonchev–Trinajstić information content (AvgIpc) is 3.02. The van der Waals surface area contributed by atoms with Crippen molar-refractivity contribution in [3.63, 3.8) is 0 Å². The molecule has 1 heterocycles. The lowest BCUT2D eigenvalue weighted by atomic mass is 10.0. The summed E-state index contributed by atoms with van der Waals surface area (Å²) in [4.78, 5) is 4.52. The topological polar surface area (TPSA) is 64.1 Å². The van der Waals surface area contributed by atoms with E-state index in [4.69, 9.17) is 10.8 Å². The van der Waals surface area contributed by atoms with Crippen molar-refractivity contribution in [2.75, 3.05) is 12.3 Å². The molecule has 0 aliphatic rings. The molecule has 0 spiro atoms. The van der Waals surface area contributed by atoms with Crippen molar-refractivity contribution < 1.29 is 5.11 Å². The molecule has 0 aliphatic heterocycles. The smallest absolute Gasteiger partial charge is 0.201 e. The minimum Gasteiger partial charge on any atom is -0.396 e. The molecule has 0 fully saturated rings. The van der Waals surface area contributed by atoms with Crippen LogP contribution in [0.4, 0.5) is 5.95 Å². The van der Waals surface area contributed by atoms with Crippen LogP contribution in [0.25, 0.3) is 22.2 Å². The number of aliphatic hydroxyl groups excluding tert-OH is 1. The molecular formula is C23H23N3O. The van der Waals surface area contributed by atoms with Crippen LogP contribution in [0.5, 0.6) is 0 Å². The van der Waals surface area contributed by atoms with Crippen LogP contribution >= 0.6 is 0 Å². The molecule has 136 valence electrons. The Bertz CT molecular complexity index is 1040. The van der Waals surface area contributed by atoms with Crippen molar-refractivity contribution in [3.05, 3.63) is 83.9 Å². The number of nitrogens with two attached hydrogens (primary N) is 1. The first-order valence-corrected chi connectivity index (χ1v) is 9.24. The van der Waals surface area contributed by atoms with E-state index in [-0.39, 0.29) is 6.61 Å². The molecule has 4 heteroatoms. The van der Waals surface area contributed by atoms with Gasteiger partial charge in [0.2, 0.25) is 5.95 Å². The van der Waals surface area contributed by atoms with E-state index in [1.54, 1.807) is 0 Å². The van der Waals surface area contributed by atoms with Gasteiger partial charge in [0.1, 0.15) is 0 Å². The molecule has 0 aliphatic carbocycles. The van der Waals surface area contributed by atoms with Crippen molar-refractivity contribution in [3.8, 4) is 11.1 Å². The van der Waals surface area contributed by atoms with Gasteiger partial charge in [-0.05, 0) is 47.2 Å². The summed E-state index contributed by atoms with van der Waals surface area (Å²) < 4.78 is 2.04. The highest BCUT2D eigenvalue weighted by Gasteiger charge is 2.09. The summed E-state index contributed by atoms with van der Waals surface area (Å²) >= 11 is 0. The third-order valence-electron chi connectivity index (χ3n) is 4.87. The Labute approximate surface area is 158 Å². The lowest BCUT2D eigenvalue weighted by Crippen LogP contribution is -2.04. The Kier molecular flexibility index (Phi) is 4.90. The zero-order chi connectivity index (χ0) is 18.6. The fourth-order valence-corrected chi connectivity index (χ4v) is 3.41. The molecule has 0 atom stereocenters. The zero-order valence-corrected chi connectivity index (χ0v) is 15.2. The maximum absolute atomic E-state index is 9.01. The summed E-state index contributed by atoms with van der Waals surface area (Å²) in [6, 6.07) is 25.2. The molecule has 4 nitrogen and oxygen atoms in total. The molecule has 27 heavy (non-hydrogen) atoms. The first-order valence-electron chi connectivity index (χ1n) is 9.24. The van der Waals surface area contributed by atoms with Crippen LogP contribution in [0.1, 0.15) is 17.5 Å². The van der Waals surface area contributed by atoms with Crippen molar-refractivity contribution in [1.29, 1.82) is 0 Å². The fraction of sp³-hybridized carbons (Fsp3) is 0.174. The molecule has 0 amide bonds. The molecule has 3 N–H and O–H groups in total. The number of hydrogen-bond acceptors (Lipinski definition) is 3. The summed E-state index contributed by atoms with van der Waals surface area (Å²) in [5, 5.41) is 9.01. The number of nitrogens with zero attached hydrogens (tertiary/aromatic N) is 2. The second-order valence-corrected chi connectivity index (χ2v) is 6.77. The highest BCUT2D eigenvalue weighted by atomic mass is 16.2. The monoisotopic (exact) mass is 357 g/mol. The van der Waals surface area contributed by atoms with Crippen LogP contribution in [0.15, 0.2) is 72.8 Å². The highest BCUT2D eigenvalue weighted by molar-refractivity contribution is 5.79. The van der Waals surface area contributed by atoms with Crippen LogP contribution in [0.3, 0.4) is 0 Å². The Balaban J connectivity index is 1.58. The Morgan fingerprint density at radius 1 is 0.852 bits per heavy atom. The van der Waals surface area contributed by atoms with Gasteiger partial charge in [0.05, 0.1) is 17.6 Å². The van der Waals surface area contributed by atoms with E-state index in [9.17, 15) is 0 Å². The van der Waals surface area contributed by atoms with Crippen molar-refractivity contribution in [1.82, 2.24) is 9.55 Å². The van der Waals surface area contributed by atoms with E-state index in [0.717, 1.165) is 23.9 Å². The van der Waals surface area contributed by atoms with Gasteiger partial charge in [-0.25, -0.2) is 4.98 Å².